The Balaban J connectivity index is 1.80. The third-order valence-electron chi connectivity index (χ3n) is 4.26. The molecule has 29 heavy (non-hydrogen) atoms. The summed E-state index contributed by atoms with van der Waals surface area (Å²) >= 11 is 1.20. The Bertz CT molecular complexity index is 1140. The van der Waals surface area contributed by atoms with Crippen molar-refractivity contribution < 1.29 is 17.6 Å². The molecule has 3 rings (SSSR count). The summed E-state index contributed by atoms with van der Waals surface area (Å²) in [6.07, 6.45) is 0. The Hall–Kier alpha value is -2.62. The number of halogens is 1. The minimum Gasteiger partial charge on any atom is -0.347 e. The van der Waals surface area contributed by atoms with Crippen LogP contribution in [0.3, 0.4) is 0 Å². The standard InChI is InChI=1S/C20H20FN3O3S2/c1-13-18(28-20(23-13)14-8-10-16(21)11-9-14)19(25)22-12-15-6-4-5-7-17(15)29(26,27)24(2)3/h4-11H,12H2,1-3H3,(H,22,25). The van der Waals surface area contributed by atoms with Crippen molar-refractivity contribution in [2.75, 3.05) is 14.1 Å². The minimum absolute atomic E-state index is 0.0608. The highest BCUT2D eigenvalue weighted by molar-refractivity contribution is 7.89. The Kier molecular flexibility index (Phi) is 6.11. The van der Waals surface area contributed by atoms with E-state index in [9.17, 15) is 17.6 Å². The predicted molar refractivity (Wildman–Crippen MR) is 111 cm³/mol. The number of hydrogen-bond donors (Lipinski definition) is 1. The fraction of sp³-hybridized carbons (Fsp3) is 0.200. The highest BCUT2D eigenvalue weighted by Crippen LogP contribution is 2.28. The zero-order chi connectivity index (χ0) is 21.2. The Labute approximate surface area is 173 Å². The van der Waals surface area contributed by atoms with Crippen LogP contribution >= 0.6 is 11.3 Å². The fourth-order valence-corrected chi connectivity index (χ4v) is 4.78. The van der Waals surface area contributed by atoms with E-state index in [0.29, 0.717) is 21.1 Å². The van der Waals surface area contributed by atoms with E-state index in [2.05, 4.69) is 10.3 Å². The molecule has 9 heteroatoms. The number of nitrogens with zero attached hydrogens (tertiary/aromatic N) is 2. The Morgan fingerprint density at radius 2 is 1.79 bits per heavy atom. The van der Waals surface area contributed by atoms with Gasteiger partial charge in [0.05, 0.1) is 10.6 Å². The maximum absolute atomic E-state index is 13.1. The average molecular weight is 434 g/mol. The Morgan fingerprint density at radius 1 is 1.14 bits per heavy atom. The average Bonchev–Trinajstić information content (AvgIpc) is 3.08. The van der Waals surface area contributed by atoms with Gasteiger partial charge < -0.3 is 5.32 Å². The highest BCUT2D eigenvalue weighted by atomic mass is 32.2. The molecule has 0 radical (unpaired) electrons. The second-order valence-corrected chi connectivity index (χ2v) is 9.64. The van der Waals surface area contributed by atoms with Gasteiger partial charge in [-0.25, -0.2) is 22.1 Å². The van der Waals surface area contributed by atoms with E-state index in [4.69, 9.17) is 0 Å². The van der Waals surface area contributed by atoms with Gasteiger partial charge in [-0.1, -0.05) is 18.2 Å². The molecular weight excluding hydrogens is 413 g/mol. The molecule has 0 atom stereocenters. The number of amides is 1. The summed E-state index contributed by atoms with van der Waals surface area (Å²) in [6, 6.07) is 12.4. The first kappa shape index (κ1) is 21.1. The van der Waals surface area contributed by atoms with Gasteiger partial charge in [0, 0.05) is 26.2 Å². The van der Waals surface area contributed by atoms with Crippen LogP contribution in [0.5, 0.6) is 0 Å². The predicted octanol–water partition coefficient (Wildman–Crippen LogP) is 3.44. The maximum Gasteiger partial charge on any atom is 0.263 e. The molecule has 1 amide bonds. The number of benzene rings is 2. The monoisotopic (exact) mass is 433 g/mol. The van der Waals surface area contributed by atoms with Crippen molar-refractivity contribution in [1.82, 2.24) is 14.6 Å². The summed E-state index contributed by atoms with van der Waals surface area (Å²) in [4.78, 5) is 17.7. The summed E-state index contributed by atoms with van der Waals surface area (Å²) in [5.74, 6) is -0.684. The van der Waals surface area contributed by atoms with Crippen LogP contribution in [-0.4, -0.2) is 37.7 Å². The molecule has 0 unspecified atom stereocenters. The van der Waals surface area contributed by atoms with Crippen molar-refractivity contribution >= 4 is 27.3 Å². The quantitative estimate of drug-likeness (QED) is 0.646. The van der Waals surface area contributed by atoms with Crippen molar-refractivity contribution in [3.63, 3.8) is 0 Å². The van der Waals surface area contributed by atoms with E-state index in [1.54, 1.807) is 37.3 Å². The lowest BCUT2D eigenvalue weighted by Gasteiger charge is -2.15. The number of thiazole rings is 1. The van der Waals surface area contributed by atoms with Crippen LogP contribution in [0.15, 0.2) is 53.4 Å². The number of carbonyl (C=O) groups excluding carboxylic acids is 1. The van der Waals surface area contributed by atoms with E-state index in [-0.39, 0.29) is 23.2 Å². The number of rotatable bonds is 6. The smallest absolute Gasteiger partial charge is 0.263 e. The maximum atomic E-state index is 13.1. The van der Waals surface area contributed by atoms with Gasteiger partial charge in [-0.3, -0.25) is 4.79 Å². The molecule has 0 spiro atoms. The van der Waals surface area contributed by atoms with Crippen LogP contribution in [0.2, 0.25) is 0 Å². The van der Waals surface area contributed by atoms with Gasteiger partial charge in [-0.2, -0.15) is 0 Å². The van der Waals surface area contributed by atoms with Gasteiger partial charge in [-0.15, -0.1) is 11.3 Å². The number of nitrogens with one attached hydrogen (secondary N) is 1. The number of carbonyl (C=O) groups is 1. The molecule has 0 aliphatic carbocycles. The molecule has 0 saturated carbocycles. The minimum atomic E-state index is -3.62. The first-order chi connectivity index (χ1) is 13.7. The zero-order valence-corrected chi connectivity index (χ0v) is 17.8. The molecule has 1 heterocycles. The van der Waals surface area contributed by atoms with E-state index < -0.39 is 10.0 Å². The summed E-state index contributed by atoms with van der Waals surface area (Å²) in [6.45, 7) is 1.79. The first-order valence-corrected chi connectivity index (χ1v) is 11.0. The van der Waals surface area contributed by atoms with Crippen LogP contribution in [0.1, 0.15) is 20.9 Å². The molecule has 3 aromatic rings. The number of sulfonamides is 1. The molecule has 0 aliphatic rings. The van der Waals surface area contributed by atoms with Crippen molar-refractivity contribution in [3.05, 3.63) is 70.5 Å². The molecule has 0 fully saturated rings. The van der Waals surface area contributed by atoms with Gasteiger partial charge in [0.1, 0.15) is 15.7 Å². The lowest BCUT2D eigenvalue weighted by molar-refractivity contribution is 0.0954. The van der Waals surface area contributed by atoms with Crippen LogP contribution in [0, 0.1) is 12.7 Å². The van der Waals surface area contributed by atoms with E-state index >= 15 is 0 Å². The molecule has 2 aromatic carbocycles. The topological polar surface area (TPSA) is 79.4 Å². The van der Waals surface area contributed by atoms with E-state index in [1.165, 1.54) is 43.6 Å². The van der Waals surface area contributed by atoms with Crippen LogP contribution in [0.4, 0.5) is 4.39 Å². The summed E-state index contributed by atoms with van der Waals surface area (Å²) in [7, 11) is -0.701. The first-order valence-electron chi connectivity index (χ1n) is 8.72. The van der Waals surface area contributed by atoms with Gasteiger partial charge in [0.15, 0.2) is 0 Å². The van der Waals surface area contributed by atoms with Crippen molar-refractivity contribution in [2.45, 2.75) is 18.4 Å². The van der Waals surface area contributed by atoms with Gasteiger partial charge in [0.25, 0.3) is 5.91 Å². The van der Waals surface area contributed by atoms with E-state index in [0.717, 1.165) is 9.87 Å². The molecular formula is C20H20FN3O3S2. The lowest BCUT2D eigenvalue weighted by atomic mass is 10.2. The SMILES string of the molecule is Cc1nc(-c2ccc(F)cc2)sc1C(=O)NCc1ccccc1S(=O)(=O)N(C)C. The Morgan fingerprint density at radius 3 is 2.45 bits per heavy atom. The van der Waals surface area contributed by atoms with Gasteiger partial charge in [0.2, 0.25) is 10.0 Å². The highest BCUT2D eigenvalue weighted by Gasteiger charge is 2.22. The largest absolute Gasteiger partial charge is 0.347 e. The second kappa shape index (κ2) is 8.40. The lowest BCUT2D eigenvalue weighted by Crippen LogP contribution is -2.27. The van der Waals surface area contributed by atoms with Crippen molar-refractivity contribution in [3.8, 4) is 10.6 Å². The number of hydrogen-bond acceptors (Lipinski definition) is 5. The van der Waals surface area contributed by atoms with Crippen LogP contribution < -0.4 is 5.32 Å². The van der Waals surface area contributed by atoms with E-state index in [1.807, 2.05) is 0 Å². The molecule has 1 N–H and O–H groups in total. The fourth-order valence-electron chi connectivity index (χ4n) is 2.68. The molecule has 1 aromatic heterocycles. The van der Waals surface area contributed by atoms with Crippen LogP contribution in [0.25, 0.3) is 10.6 Å². The van der Waals surface area contributed by atoms with Crippen LogP contribution in [-0.2, 0) is 16.6 Å². The van der Waals surface area contributed by atoms with Crippen molar-refractivity contribution in [2.24, 2.45) is 0 Å². The van der Waals surface area contributed by atoms with Crippen molar-refractivity contribution in [1.29, 1.82) is 0 Å². The third-order valence-corrected chi connectivity index (χ3v) is 7.39. The summed E-state index contributed by atoms with van der Waals surface area (Å²) in [5.41, 5.74) is 1.78. The third kappa shape index (κ3) is 4.52. The molecule has 6 nitrogen and oxygen atoms in total. The summed E-state index contributed by atoms with van der Waals surface area (Å²) in [5, 5.41) is 3.38. The van der Waals surface area contributed by atoms with Gasteiger partial charge in [-0.05, 0) is 42.8 Å². The number of aromatic nitrogens is 1. The number of aryl methyl sites for hydroxylation is 1. The molecule has 0 saturated heterocycles. The molecule has 0 aliphatic heterocycles. The second-order valence-electron chi connectivity index (χ2n) is 6.52. The molecule has 152 valence electrons. The van der Waals surface area contributed by atoms with Gasteiger partial charge >= 0.3 is 0 Å². The summed E-state index contributed by atoms with van der Waals surface area (Å²) < 4.78 is 39.2. The molecule has 0 bridgehead atoms. The normalized spacial score (nSPS) is 11.6. The zero-order valence-electron chi connectivity index (χ0n) is 16.1.